The number of nitrogens with zero attached hydrogens (tertiary/aromatic N) is 7. The molecular formula is C35H34ClF2N7O5. The van der Waals surface area contributed by atoms with E-state index in [0.29, 0.717) is 27.4 Å². The maximum Gasteiger partial charge on any atom is 0.266 e. The van der Waals surface area contributed by atoms with Gasteiger partial charge in [0.1, 0.15) is 29.9 Å². The summed E-state index contributed by atoms with van der Waals surface area (Å²) in [5.41, 5.74) is 0.557. The maximum atomic E-state index is 14.5. The van der Waals surface area contributed by atoms with Crippen LogP contribution in [0.25, 0.3) is 16.6 Å². The number of carbonyl (C=O) groups excluding carboxylic acids is 2. The molecule has 0 bridgehead atoms. The molecule has 1 fully saturated rings. The number of piperazine rings is 1. The highest BCUT2D eigenvalue weighted by Crippen LogP contribution is 2.28. The monoisotopic (exact) mass is 705 g/mol. The number of hydrogen-bond donors (Lipinski definition) is 0. The number of carbonyl (C=O) groups is 2. The fourth-order valence-corrected chi connectivity index (χ4v) is 5.92. The Morgan fingerprint density at radius 3 is 2.46 bits per heavy atom. The van der Waals surface area contributed by atoms with E-state index >= 15 is 0 Å². The Balaban J connectivity index is 1.32. The first-order valence-electron chi connectivity index (χ1n) is 15.9. The lowest BCUT2D eigenvalue weighted by Crippen LogP contribution is -2.58. The lowest BCUT2D eigenvalue weighted by atomic mass is 10.1. The SMILES string of the molecule is CC(C)Oc1ccc(C(=O)Cn2nccn2)cc1-n1c(CN2CCN(C(=O)COc3ccc(Cl)cc3)C(C(F)F)C2)nc2ccccc2c1=O. The van der Waals surface area contributed by atoms with Crippen molar-refractivity contribution in [2.24, 2.45) is 0 Å². The summed E-state index contributed by atoms with van der Waals surface area (Å²) in [6, 6.07) is 16.6. The number of halogens is 3. The van der Waals surface area contributed by atoms with Gasteiger partial charge in [0, 0.05) is 30.2 Å². The number of rotatable bonds is 12. The van der Waals surface area contributed by atoms with Gasteiger partial charge in [0.15, 0.2) is 12.4 Å². The van der Waals surface area contributed by atoms with Crippen molar-refractivity contribution < 1.29 is 27.8 Å². The smallest absolute Gasteiger partial charge is 0.266 e. The number of para-hydroxylation sites is 1. The van der Waals surface area contributed by atoms with Gasteiger partial charge in [-0.15, -0.1) is 0 Å². The normalized spacial score (nSPS) is 15.2. The first kappa shape index (κ1) is 34.6. The Morgan fingerprint density at radius 1 is 1.00 bits per heavy atom. The highest BCUT2D eigenvalue weighted by Gasteiger charge is 2.37. The summed E-state index contributed by atoms with van der Waals surface area (Å²) in [6.07, 6.45) is -0.192. The third-order valence-electron chi connectivity index (χ3n) is 8.14. The highest BCUT2D eigenvalue weighted by molar-refractivity contribution is 6.30. The van der Waals surface area contributed by atoms with Crippen LogP contribution in [0.4, 0.5) is 8.78 Å². The predicted octanol–water partition coefficient (Wildman–Crippen LogP) is 4.66. The molecule has 0 N–H and O–H groups in total. The Bertz CT molecular complexity index is 2040. The van der Waals surface area contributed by atoms with Crippen LogP contribution in [0, 0.1) is 0 Å². The minimum Gasteiger partial charge on any atom is -0.489 e. The van der Waals surface area contributed by atoms with Crippen LogP contribution in [0.3, 0.4) is 0 Å². The molecule has 0 spiro atoms. The van der Waals surface area contributed by atoms with Crippen molar-refractivity contribution in [2.75, 3.05) is 26.2 Å². The van der Waals surface area contributed by atoms with E-state index in [2.05, 4.69) is 10.2 Å². The third-order valence-corrected chi connectivity index (χ3v) is 8.39. The van der Waals surface area contributed by atoms with Crippen molar-refractivity contribution in [3.05, 3.63) is 106 Å². The van der Waals surface area contributed by atoms with Crippen LogP contribution < -0.4 is 15.0 Å². The molecule has 0 aliphatic carbocycles. The first-order valence-corrected chi connectivity index (χ1v) is 16.3. The van der Waals surface area contributed by atoms with Crippen molar-refractivity contribution in [3.8, 4) is 17.2 Å². The van der Waals surface area contributed by atoms with Gasteiger partial charge in [-0.25, -0.2) is 13.8 Å². The first-order chi connectivity index (χ1) is 24.1. The van der Waals surface area contributed by atoms with Gasteiger partial charge in [0.05, 0.1) is 41.6 Å². The van der Waals surface area contributed by atoms with Crippen LogP contribution in [0.1, 0.15) is 30.0 Å². The number of fused-ring (bicyclic) bond motifs is 1. The van der Waals surface area contributed by atoms with Gasteiger partial charge in [-0.2, -0.15) is 15.0 Å². The molecule has 260 valence electrons. The van der Waals surface area contributed by atoms with Gasteiger partial charge >= 0.3 is 0 Å². The molecule has 15 heteroatoms. The molecule has 5 aromatic rings. The molecule has 0 radical (unpaired) electrons. The molecule has 1 aliphatic rings. The lowest BCUT2D eigenvalue weighted by molar-refractivity contribution is -0.143. The van der Waals surface area contributed by atoms with Crippen LogP contribution in [0.5, 0.6) is 11.5 Å². The van der Waals surface area contributed by atoms with Crippen LogP contribution in [0.2, 0.25) is 5.02 Å². The van der Waals surface area contributed by atoms with Gasteiger partial charge in [-0.05, 0) is 68.4 Å². The second-order valence-corrected chi connectivity index (χ2v) is 12.4. The molecule has 1 saturated heterocycles. The summed E-state index contributed by atoms with van der Waals surface area (Å²) in [5.74, 6) is 0.0886. The molecule has 12 nitrogen and oxygen atoms in total. The van der Waals surface area contributed by atoms with Gasteiger partial charge < -0.3 is 14.4 Å². The van der Waals surface area contributed by atoms with E-state index in [0.717, 1.165) is 4.90 Å². The van der Waals surface area contributed by atoms with E-state index in [1.807, 2.05) is 13.8 Å². The van der Waals surface area contributed by atoms with E-state index < -0.39 is 30.5 Å². The molecule has 3 aromatic carbocycles. The average Bonchev–Trinajstić information content (AvgIpc) is 3.61. The van der Waals surface area contributed by atoms with Gasteiger partial charge in [-0.3, -0.25) is 23.9 Å². The summed E-state index contributed by atoms with van der Waals surface area (Å²) < 4.78 is 42.0. The Kier molecular flexibility index (Phi) is 10.5. The van der Waals surface area contributed by atoms with Gasteiger partial charge in [0.25, 0.3) is 17.9 Å². The second-order valence-electron chi connectivity index (χ2n) is 12.0. The molecule has 1 aliphatic heterocycles. The lowest BCUT2D eigenvalue weighted by Gasteiger charge is -2.41. The molecule has 2 aromatic heterocycles. The van der Waals surface area contributed by atoms with E-state index in [1.54, 1.807) is 71.6 Å². The van der Waals surface area contributed by atoms with Gasteiger partial charge in [-0.1, -0.05) is 23.7 Å². The number of amides is 1. The Morgan fingerprint density at radius 2 is 1.74 bits per heavy atom. The van der Waals surface area contributed by atoms with Crippen molar-refractivity contribution in [2.45, 2.75) is 45.5 Å². The molecular weight excluding hydrogens is 672 g/mol. The van der Waals surface area contributed by atoms with Crippen molar-refractivity contribution in [1.29, 1.82) is 0 Å². The zero-order chi connectivity index (χ0) is 35.4. The van der Waals surface area contributed by atoms with Crippen molar-refractivity contribution in [3.63, 3.8) is 0 Å². The number of aromatic nitrogens is 5. The maximum absolute atomic E-state index is 14.5. The van der Waals surface area contributed by atoms with Crippen molar-refractivity contribution >= 4 is 34.2 Å². The Hall–Kier alpha value is -5.21. The zero-order valence-electron chi connectivity index (χ0n) is 27.3. The minimum absolute atomic E-state index is 0.00277. The van der Waals surface area contributed by atoms with E-state index in [4.69, 9.17) is 26.1 Å². The topological polar surface area (TPSA) is 125 Å². The molecule has 0 saturated carbocycles. The van der Waals surface area contributed by atoms with E-state index in [1.165, 1.54) is 21.8 Å². The summed E-state index contributed by atoms with van der Waals surface area (Å²) in [5, 5.41) is 8.84. The fraction of sp³-hybridized carbons (Fsp3) is 0.314. The summed E-state index contributed by atoms with van der Waals surface area (Å²) in [6.45, 7) is 3.16. The summed E-state index contributed by atoms with van der Waals surface area (Å²) in [4.78, 5) is 49.5. The van der Waals surface area contributed by atoms with E-state index in [9.17, 15) is 23.2 Å². The van der Waals surface area contributed by atoms with Crippen LogP contribution >= 0.6 is 11.6 Å². The number of ether oxygens (including phenoxy) is 2. The molecule has 1 atom stereocenters. The van der Waals surface area contributed by atoms with Crippen LogP contribution in [-0.4, -0.2) is 90.8 Å². The van der Waals surface area contributed by atoms with Crippen LogP contribution in [0.15, 0.2) is 83.9 Å². The number of Topliss-reactive ketones (excluding diaryl/α,β-unsaturated/α-hetero) is 1. The van der Waals surface area contributed by atoms with Crippen LogP contribution in [-0.2, 0) is 17.9 Å². The minimum atomic E-state index is -2.85. The average molecular weight is 706 g/mol. The second kappa shape index (κ2) is 15.1. The van der Waals surface area contributed by atoms with Crippen molar-refractivity contribution in [1.82, 2.24) is 34.3 Å². The molecule has 50 heavy (non-hydrogen) atoms. The summed E-state index contributed by atoms with van der Waals surface area (Å²) >= 11 is 5.91. The number of hydrogen-bond acceptors (Lipinski definition) is 9. The largest absolute Gasteiger partial charge is 0.489 e. The summed E-state index contributed by atoms with van der Waals surface area (Å²) in [7, 11) is 0. The molecule has 6 rings (SSSR count). The van der Waals surface area contributed by atoms with Gasteiger partial charge in [0.2, 0.25) is 0 Å². The third kappa shape index (κ3) is 7.81. The fourth-order valence-electron chi connectivity index (χ4n) is 5.79. The molecule has 1 unspecified atom stereocenters. The predicted molar refractivity (Wildman–Crippen MR) is 181 cm³/mol. The number of ketones is 1. The van der Waals surface area contributed by atoms with E-state index in [-0.39, 0.29) is 61.7 Å². The Labute approximate surface area is 290 Å². The molecule has 3 heterocycles. The quantitative estimate of drug-likeness (QED) is 0.171. The zero-order valence-corrected chi connectivity index (χ0v) is 28.0. The molecule has 1 amide bonds. The number of alkyl halides is 2. The number of benzene rings is 3. The highest BCUT2D eigenvalue weighted by atomic mass is 35.5. The standard InChI is InChI=1S/C35H34ClF2N7O5/c1-22(2)50-31-12-7-23(30(46)19-44-39-13-14-40-44)17-28(31)45-32(41-27-6-4-3-5-26(27)35(45)48)20-42-15-16-43(29(18-42)34(37)38)33(47)21-49-25-10-8-24(36)9-11-25/h3-14,17,22,29,34H,15-16,18-21H2,1-2H3.